The first-order chi connectivity index (χ1) is 15.2. The number of fused-ring (bicyclic) bond motifs is 1. The van der Waals surface area contributed by atoms with Crippen molar-refractivity contribution >= 4 is 34.6 Å². The van der Waals surface area contributed by atoms with Gasteiger partial charge in [-0.15, -0.1) is 0 Å². The van der Waals surface area contributed by atoms with E-state index in [1.807, 2.05) is 19.2 Å². The lowest BCUT2D eigenvalue weighted by Gasteiger charge is -2.53. The van der Waals surface area contributed by atoms with Gasteiger partial charge in [-0.05, 0) is 55.3 Å². The molecule has 0 amide bonds. The molecule has 5 rings (SSSR count). The lowest BCUT2D eigenvalue weighted by atomic mass is 9.72. The van der Waals surface area contributed by atoms with Crippen LogP contribution in [0.3, 0.4) is 0 Å². The Labute approximate surface area is 183 Å². The first kappa shape index (κ1) is 19.8. The summed E-state index contributed by atoms with van der Waals surface area (Å²) in [6, 6.07) is 10.4. The third kappa shape index (κ3) is 3.93. The van der Waals surface area contributed by atoms with E-state index in [0.29, 0.717) is 17.6 Å². The van der Waals surface area contributed by atoms with Gasteiger partial charge in [0.25, 0.3) is 0 Å². The van der Waals surface area contributed by atoms with Crippen LogP contribution >= 0.6 is 0 Å². The molecule has 2 aliphatic heterocycles. The molecule has 2 saturated heterocycles. The average molecular weight is 416 g/mol. The Bertz CT molecular complexity index is 1100. The summed E-state index contributed by atoms with van der Waals surface area (Å²) in [5, 5.41) is 10.1. The lowest BCUT2D eigenvalue weighted by molar-refractivity contribution is 0.149. The van der Waals surface area contributed by atoms with Crippen molar-refractivity contribution in [1.29, 1.82) is 0 Å². The number of rotatable bonds is 6. The van der Waals surface area contributed by atoms with Gasteiger partial charge in [0.2, 0.25) is 0 Å². The van der Waals surface area contributed by atoms with Gasteiger partial charge in [0.1, 0.15) is 17.2 Å². The van der Waals surface area contributed by atoms with Crippen LogP contribution in [0.4, 0.5) is 17.3 Å². The van der Waals surface area contributed by atoms with E-state index >= 15 is 0 Å². The molecular weight excluding hydrogens is 386 g/mol. The quantitative estimate of drug-likeness (QED) is 0.569. The molecule has 0 saturated carbocycles. The number of anilines is 3. The van der Waals surface area contributed by atoms with Gasteiger partial charge in [-0.3, -0.25) is 0 Å². The SMILES string of the molecule is C=Cc1ccc(CNc2cnc3ccc(N4CC5(CCNCC5)C4)nc3n2)cc1NC. The summed E-state index contributed by atoms with van der Waals surface area (Å²) in [4.78, 5) is 16.4. The molecule has 4 heterocycles. The Balaban J connectivity index is 1.29. The molecule has 31 heavy (non-hydrogen) atoms. The highest BCUT2D eigenvalue weighted by Gasteiger charge is 2.43. The van der Waals surface area contributed by atoms with Gasteiger partial charge >= 0.3 is 0 Å². The second-order valence-corrected chi connectivity index (χ2v) is 8.60. The van der Waals surface area contributed by atoms with Gasteiger partial charge in [-0.2, -0.15) is 0 Å². The largest absolute Gasteiger partial charge is 0.388 e. The zero-order valence-corrected chi connectivity index (χ0v) is 18.0. The van der Waals surface area contributed by atoms with E-state index < -0.39 is 0 Å². The monoisotopic (exact) mass is 415 g/mol. The molecular formula is C24H29N7. The molecule has 0 unspecified atom stereocenters. The van der Waals surface area contributed by atoms with E-state index in [2.05, 4.69) is 56.7 Å². The Morgan fingerprint density at radius 3 is 2.77 bits per heavy atom. The van der Waals surface area contributed by atoms with Crippen molar-refractivity contribution in [3.05, 3.63) is 54.2 Å². The van der Waals surface area contributed by atoms with E-state index in [4.69, 9.17) is 9.97 Å². The Morgan fingerprint density at radius 1 is 1.16 bits per heavy atom. The van der Waals surface area contributed by atoms with Crippen LogP contribution in [0, 0.1) is 5.41 Å². The van der Waals surface area contributed by atoms with E-state index in [1.54, 1.807) is 6.20 Å². The number of benzene rings is 1. The second-order valence-electron chi connectivity index (χ2n) is 8.60. The molecule has 0 bridgehead atoms. The zero-order valence-electron chi connectivity index (χ0n) is 18.0. The fourth-order valence-electron chi connectivity index (χ4n) is 4.65. The summed E-state index contributed by atoms with van der Waals surface area (Å²) in [5.41, 5.74) is 5.29. The lowest BCUT2D eigenvalue weighted by Crippen LogP contribution is -2.60. The maximum absolute atomic E-state index is 4.82. The van der Waals surface area contributed by atoms with Crippen molar-refractivity contribution in [1.82, 2.24) is 20.3 Å². The zero-order chi connectivity index (χ0) is 21.3. The van der Waals surface area contributed by atoms with Crippen molar-refractivity contribution < 1.29 is 0 Å². The molecule has 0 aliphatic carbocycles. The average Bonchev–Trinajstić information content (AvgIpc) is 2.81. The predicted molar refractivity (Wildman–Crippen MR) is 127 cm³/mol. The molecule has 160 valence electrons. The van der Waals surface area contributed by atoms with Crippen LogP contribution in [0.1, 0.15) is 24.0 Å². The highest BCUT2D eigenvalue weighted by molar-refractivity contribution is 5.74. The summed E-state index contributed by atoms with van der Waals surface area (Å²) in [5.74, 6) is 1.73. The highest BCUT2D eigenvalue weighted by atomic mass is 15.3. The van der Waals surface area contributed by atoms with Crippen LogP contribution in [0.15, 0.2) is 43.1 Å². The van der Waals surface area contributed by atoms with Gasteiger partial charge in [0.15, 0.2) is 5.65 Å². The number of hydrogen-bond donors (Lipinski definition) is 3. The van der Waals surface area contributed by atoms with Gasteiger partial charge in [0, 0.05) is 37.8 Å². The van der Waals surface area contributed by atoms with Gasteiger partial charge < -0.3 is 20.9 Å². The summed E-state index contributed by atoms with van der Waals surface area (Å²) < 4.78 is 0. The maximum Gasteiger partial charge on any atom is 0.182 e. The minimum absolute atomic E-state index is 0.477. The molecule has 7 nitrogen and oxygen atoms in total. The molecule has 3 aromatic rings. The van der Waals surface area contributed by atoms with Crippen molar-refractivity contribution in [2.24, 2.45) is 5.41 Å². The van der Waals surface area contributed by atoms with Crippen LogP contribution in [0.5, 0.6) is 0 Å². The van der Waals surface area contributed by atoms with Crippen molar-refractivity contribution in [3.63, 3.8) is 0 Å². The number of pyridine rings is 1. The smallest absolute Gasteiger partial charge is 0.182 e. The molecule has 2 aromatic heterocycles. The van der Waals surface area contributed by atoms with Crippen molar-refractivity contribution in [2.45, 2.75) is 19.4 Å². The molecule has 2 aliphatic rings. The summed E-state index contributed by atoms with van der Waals surface area (Å²) >= 11 is 0. The van der Waals surface area contributed by atoms with Crippen LogP contribution in [0.25, 0.3) is 17.2 Å². The number of aromatic nitrogens is 3. The minimum Gasteiger partial charge on any atom is -0.388 e. The molecule has 7 heteroatoms. The third-order valence-electron chi connectivity index (χ3n) is 6.51. The Morgan fingerprint density at radius 2 is 2.00 bits per heavy atom. The molecule has 1 aromatic carbocycles. The molecule has 0 atom stereocenters. The predicted octanol–water partition coefficient (Wildman–Crippen LogP) is 3.51. The minimum atomic E-state index is 0.477. The third-order valence-corrected chi connectivity index (χ3v) is 6.51. The van der Waals surface area contributed by atoms with Gasteiger partial charge in [-0.25, -0.2) is 15.0 Å². The number of nitrogens with zero attached hydrogens (tertiary/aromatic N) is 4. The fourth-order valence-corrected chi connectivity index (χ4v) is 4.65. The van der Waals surface area contributed by atoms with Crippen LogP contribution in [0.2, 0.25) is 0 Å². The highest BCUT2D eigenvalue weighted by Crippen LogP contribution is 2.40. The molecule has 3 N–H and O–H groups in total. The topological polar surface area (TPSA) is 78.0 Å². The van der Waals surface area contributed by atoms with E-state index in [-0.39, 0.29) is 0 Å². The first-order valence-corrected chi connectivity index (χ1v) is 10.9. The first-order valence-electron chi connectivity index (χ1n) is 10.9. The summed E-state index contributed by atoms with van der Waals surface area (Å²) in [6.07, 6.45) is 6.14. The standard InChI is InChI=1S/C24H29N7/c1-3-18-5-4-17(12-20(18)25-2)13-28-21-14-27-19-6-7-22(30-23(19)29-21)31-15-24(16-31)8-10-26-11-9-24/h3-7,12,14,25-26H,1,8-11,13,15-16H2,2H3,(H,28,29,30). The van der Waals surface area contributed by atoms with Crippen LogP contribution < -0.4 is 20.9 Å². The normalized spacial score (nSPS) is 17.4. The van der Waals surface area contributed by atoms with Crippen molar-refractivity contribution in [2.75, 3.05) is 48.8 Å². The van der Waals surface area contributed by atoms with E-state index in [1.165, 1.54) is 12.8 Å². The van der Waals surface area contributed by atoms with Gasteiger partial charge in [-0.1, -0.05) is 24.8 Å². The van der Waals surface area contributed by atoms with Gasteiger partial charge in [0.05, 0.1) is 6.20 Å². The number of hydrogen-bond acceptors (Lipinski definition) is 7. The molecule has 2 fully saturated rings. The molecule has 1 spiro atoms. The molecule has 0 radical (unpaired) electrons. The van der Waals surface area contributed by atoms with Crippen LogP contribution in [-0.4, -0.2) is 48.2 Å². The fraction of sp³-hybridized carbons (Fsp3) is 0.375. The van der Waals surface area contributed by atoms with E-state index in [9.17, 15) is 0 Å². The summed E-state index contributed by atoms with van der Waals surface area (Å²) in [6.45, 7) is 8.96. The number of piperidine rings is 1. The Kier molecular flexibility index (Phi) is 5.19. The summed E-state index contributed by atoms with van der Waals surface area (Å²) in [7, 11) is 1.92. The maximum atomic E-state index is 4.82. The second kappa shape index (κ2) is 8.15. The van der Waals surface area contributed by atoms with Crippen molar-refractivity contribution in [3.8, 4) is 0 Å². The van der Waals surface area contributed by atoms with E-state index in [0.717, 1.165) is 60.1 Å². The Hall–Kier alpha value is -3.19. The number of nitrogens with one attached hydrogen (secondary N) is 3. The van der Waals surface area contributed by atoms with Crippen LogP contribution in [-0.2, 0) is 6.54 Å².